The third kappa shape index (κ3) is 4.15. The predicted octanol–water partition coefficient (Wildman–Crippen LogP) is 2.60. The summed E-state index contributed by atoms with van der Waals surface area (Å²) in [7, 11) is 0. The summed E-state index contributed by atoms with van der Waals surface area (Å²) < 4.78 is 0. The van der Waals surface area contributed by atoms with Gasteiger partial charge in [0.25, 0.3) is 0 Å². The number of hydrogen-bond acceptors (Lipinski definition) is 2. The minimum Gasteiger partial charge on any atom is -0.508 e. The first kappa shape index (κ1) is 12.3. The Morgan fingerprint density at radius 1 is 1.25 bits per heavy atom. The van der Waals surface area contributed by atoms with Gasteiger partial charge in [0.15, 0.2) is 0 Å². The molecule has 16 heavy (non-hydrogen) atoms. The maximum Gasteiger partial charge on any atom is 0.115 e. The van der Waals surface area contributed by atoms with Gasteiger partial charge >= 0.3 is 0 Å². The summed E-state index contributed by atoms with van der Waals surface area (Å²) in [5, 5.41) is 17.9. The highest BCUT2D eigenvalue weighted by Crippen LogP contribution is 2.14. The first-order valence-corrected chi connectivity index (χ1v) is 5.13. The summed E-state index contributed by atoms with van der Waals surface area (Å²) in [6.07, 6.45) is 7.93. The van der Waals surface area contributed by atoms with Crippen molar-refractivity contribution in [2.45, 2.75) is 6.42 Å². The fourth-order valence-corrected chi connectivity index (χ4v) is 1.38. The lowest BCUT2D eigenvalue weighted by molar-refractivity contribution is 0.342. The van der Waals surface area contributed by atoms with Crippen LogP contribution in [0.1, 0.15) is 5.56 Å². The molecule has 0 aliphatic rings. The zero-order chi connectivity index (χ0) is 11.8. The molecule has 1 rings (SSSR count). The molecule has 0 spiro atoms. The molecule has 2 heteroatoms. The van der Waals surface area contributed by atoms with Gasteiger partial charge in [-0.1, -0.05) is 43.0 Å². The number of phenols is 1. The van der Waals surface area contributed by atoms with Crippen molar-refractivity contribution in [2.24, 2.45) is 0 Å². The summed E-state index contributed by atoms with van der Waals surface area (Å²) in [5.41, 5.74) is 2.17. The molecule has 0 atom stereocenters. The Labute approximate surface area is 95.9 Å². The summed E-state index contributed by atoms with van der Waals surface area (Å²) in [5.74, 6) is 0.268. The van der Waals surface area contributed by atoms with Crippen LogP contribution in [0, 0.1) is 0 Å². The van der Waals surface area contributed by atoms with E-state index in [2.05, 4.69) is 6.58 Å². The molecule has 1 aromatic rings. The van der Waals surface area contributed by atoms with Crippen LogP contribution in [0.25, 0.3) is 0 Å². The Bertz CT molecular complexity index is 386. The molecule has 0 saturated carbocycles. The molecule has 1 aromatic carbocycles. The number of phenolic OH excluding ortho intramolecular Hbond substituents is 1. The Balaban J connectivity index is 2.75. The Hall–Kier alpha value is -1.80. The van der Waals surface area contributed by atoms with Crippen LogP contribution < -0.4 is 0 Å². The third-order valence-electron chi connectivity index (χ3n) is 2.11. The van der Waals surface area contributed by atoms with Crippen molar-refractivity contribution in [1.29, 1.82) is 0 Å². The maximum atomic E-state index is 9.16. The summed E-state index contributed by atoms with van der Waals surface area (Å²) in [6, 6.07) is 7.07. The van der Waals surface area contributed by atoms with Crippen molar-refractivity contribution >= 4 is 0 Å². The molecule has 0 unspecified atom stereocenters. The molecule has 0 bridgehead atoms. The second kappa shape index (κ2) is 6.64. The van der Waals surface area contributed by atoms with Crippen LogP contribution in [0.4, 0.5) is 0 Å². The Morgan fingerprint density at radius 3 is 2.50 bits per heavy atom. The van der Waals surface area contributed by atoms with Gasteiger partial charge in [-0.15, -0.1) is 0 Å². The van der Waals surface area contributed by atoms with E-state index in [1.54, 1.807) is 24.3 Å². The van der Waals surface area contributed by atoms with E-state index < -0.39 is 0 Å². The summed E-state index contributed by atoms with van der Waals surface area (Å²) >= 11 is 0. The van der Waals surface area contributed by atoms with Crippen LogP contribution in [-0.4, -0.2) is 16.8 Å². The van der Waals surface area contributed by atoms with E-state index in [1.165, 1.54) is 0 Å². The number of aliphatic hydroxyl groups excluding tert-OH is 1. The Kier molecular flexibility index (Phi) is 5.09. The average Bonchev–Trinajstić information content (AvgIpc) is 2.29. The van der Waals surface area contributed by atoms with E-state index in [0.29, 0.717) is 0 Å². The predicted molar refractivity (Wildman–Crippen MR) is 66.3 cm³/mol. The number of hydrogen-bond donors (Lipinski definition) is 2. The van der Waals surface area contributed by atoms with Gasteiger partial charge < -0.3 is 10.2 Å². The quantitative estimate of drug-likeness (QED) is 0.743. The molecular formula is C14H16O2. The van der Waals surface area contributed by atoms with Crippen molar-refractivity contribution in [1.82, 2.24) is 0 Å². The molecular weight excluding hydrogens is 200 g/mol. The van der Waals surface area contributed by atoms with E-state index in [0.717, 1.165) is 17.6 Å². The number of aliphatic hydroxyl groups is 1. The van der Waals surface area contributed by atoms with Crippen molar-refractivity contribution in [3.05, 3.63) is 66.3 Å². The summed E-state index contributed by atoms with van der Waals surface area (Å²) in [6.45, 7) is 3.68. The second-order valence-corrected chi connectivity index (χ2v) is 3.41. The highest BCUT2D eigenvalue weighted by Gasteiger charge is 1.96. The van der Waals surface area contributed by atoms with Crippen LogP contribution in [0.2, 0.25) is 0 Å². The minimum absolute atomic E-state index is 0.0318. The molecule has 0 aliphatic carbocycles. The third-order valence-corrected chi connectivity index (χ3v) is 2.11. The van der Waals surface area contributed by atoms with Crippen molar-refractivity contribution < 1.29 is 10.2 Å². The molecule has 2 N–H and O–H groups in total. The van der Waals surface area contributed by atoms with Crippen LogP contribution in [0.5, 0.6) is 5.75 Å². The van der Waals surface area contributed by atoms with E-state index in [9.17, 15) is 0 Å². The average molecular weight is 216 g/mol. The fourth-order valence-electron chi connectivity index (χ4n) is 1.38. The molecule has 0 radical (unpaired) electrons. The fraction of sp³-hybridized carbons (Fsp3) is 0.143. The Morgan fingerprint density at radius 2 is 1.94 bits per heavy atom. The first-order chi connectivity index (χ1) is 7.76. The van der Waals surface area contributed by atoms with Gasteiger partial charge in [-0.2, -0.15) is 0 Å². The van der Waals surface area contributed by atoms with Gasteiger partial charge in [-0.05, 0) is 29.7 Å². The molecule has 0 heterocycles. The molecule has 0 fully saturated rings. The van der Waals surface area contributed by atoms with Crippen molar-refractivity contribution in [3.63, 3.8) is 0 Å². The van der Waals surface area contributed by atoms with Crippen molar-refractivity contribution in [3.8, 4) is 5.75 Å². The summed E-state index contributed by atoms with van der Waals surface area (Å²) in [4.78, 5) is 0. The van der Waals surface area contributed by atoms with Gasteiger partial charge in [0, 0.05) is 0 Å². The lowest BCUT2D eigenvalue weighted by Crippen LogP contribution is -1.88. The number of allylic oxidation sites excluding steroid dienone is 4. The smallest absolute Gasteiger partial charge is 0.115 e. The topological polar surface area (TPSA) is 40.5 Å². The lowest BCUT2D eigenvalue weighted by Gasteiger charge is -2.02. The van der Waals surface area contributed by atoms with E-state index in [-0.39, 0.29) is 12.4 Å². The molecule has 0 aliphatic heterocycles. The SMILES string of the molecule is C=C/C=C(\C=C/CO)Cc1ccc(O)cc1. The zero-order valence-electron chi connectivity index (χ0n) is 9.13. The van der Waals surface area contributed by atoms with Crippen LogP contribution in [-0.2, 0) is 6.42 Å². The van der Waals surface area contributed by atoms with Crippen molar-refractivity contribution in [2.75, 3.05) is 6.61 Å². The monoisotopic (exact) mass is 216 g/mol. The normalized spacial score (nSPS) is 11.9. The zero-order valence-corrected chi connectivity index (χ0v) is 9.13. The molecule has 84 valence electrons. The van der Waals surface area contributed by atoms with Gasteiger partial charge in [0.1, 0.15) is 5.75 Å². The second-order valence-electron chi connectivity index (χ2n) is 3.41. The number of aromatic hydroxyl groups is 1. The van der Waals surface area contributed by atoms with E-state index in [1.807, 2.05) is 24.3 Å². The lowest BCUT2D eigenvalue weighted by atomic mass is 10.0. The van der Waals surface area contributed by atoms with Crippen LogP contribution >= 0.6 is 0 Å². The molecule has 0 amide bonds. The van der Waals surface area contributed by atoms with Gasteiger partial charge in [0.2, 0.25) is 0 Å². The number of benzene rings is 1. The standard InChI is InChI=1S/C14H16O2/c1-2-4-12(5-3-10-15)11-13-6-8-14(16)9-7-13/h2-9,15-16H,1,10-11H2/b5-3-,12-4+. The first-order valence-electron chi connectivity index (χ1n) is 5.13. The number of rotatable bonds is 5. The molecule has 0 saturated heterocycles. The van der Waals surface area contributed by atoms with E-state index >= 15 is 0 Å². The van der Waals surface area contributed by atoms with Gasteiger partial charge in [0.05, 0.1) is 6.61 Å². The van der Waals surface area contributed by atoms with Gasteiger partial charge in [-0.3, -0.25) is 0 Å². The minimum atomic E-state index is 0.0318. The highest BCUT2D eigenvalue weighted by molar-refractivity contribution is 5.33. The molecule has 0 aromatic heterocycles. The van der Waals surface area contributed by atoms with Crippen LogP contribution in [0.15, 0.2) is 60.7 Å². The van der Waals surface area contributed by atoms with Crippen LogP contribution in [0.3, 0.4) is 0 Å². The van der Waals surface area contributed by atoms with Gasteiger partial charge in [-0.25, -0.2) is 0 Å². The maximum absolute atomic E-state index is 9.16. The van der Waals surface area contributed by atoms with E-state index in [4.69, 9.17) is 10.2 Å². The largest absolute Gasteiger partial charge is 0.508 e. The highest BCUT2D eigenvalue weighted by atomic mass is 16.3. The molecule has 2 nitrogen and oxygen atoms in total.